The van der Waals surface area contributed by atoms with Gasteiger partial charge in [0.05, 0.1) is 16.3 Å². The van der Waals surface area contributed by atoms with E-state index in [9.17, 15) is 8.42 Å². The fraction of sp³-hybridized carbons (Fsp3) is 0.500. The van der Waals surface area contributed by atoms with Crippen LogP contribution in [0, 0.1) is 6.92 Å². The lowest BCUT2D eigenvalue weighted by molar-refractivity contribution is 0.369. The van der Waals surface area contributed by atoms with Gasteiger partial charge in [-0.1, -0.05) is 30.5 Å². The zero-order valence-corrected chi connectivity index (χ0v) is 15.1. The predicted molar refractivity (Wildman–Crippen MR) is 94.5 cm³/mol. The van der Waals surface area contributed by atoms with Crippen LogP contribution < -0.4 is 5.32 Å². The highest BCUT2D eigenvalue weighted by Crippen LogP contribution is 2.29. The van der Waals surface area contributed by atoms with E-state index in [0.29, 0.717) is 11.4 Å². The van der Waals surface area contributed by atoms with Crippen LogP contribution in [0.15, 0.2) is 41.6 Å². The van der Waals surface area contributed by atoms with Crippen LogP contribution in [-0.2, 0) is 23.4 Å². The Labute approximate surface area is 144 Å². The zero-order chi connectivity index (χ0) is 17.2. The van der Waals surface area contributed by atoms with Gasteiger partial charge in [-0.05, 0) is 31.9 Å². The van der Waals surface area contributed by atoms with E-state index < -0.39 is 9.84 Å². The van der Waals surface area contributed by atoms with E-state index in [4.69, 9.17) is 0 Å². The van der Waals surface area contributed by atoms with Gasteiger partial charge in [0, 0.05) is 31.4 Å². The molecular formula is C18H25N3O2S. The summed E-state index contributed by atoms with van der Waals surface area (Å²) in [5.74, 6) is 0. The van der Waals surface area contributed by atoms with Gasteiger partial charge in [0.1, 0.15) is 0 Å². The summed E-state index contributed by atoms with van der Waals surface area (Å²) < 4.78 is 27.9. The summed E-state index contributed by atoms with van der Waals surface area (Å²) in [5, 5.41) is 7.26. The number of sulfone groups is 1. The van der Waals surface area contributed by atoms with Crippen LogP contribution in [0.5, 0.6) is 0 Å². The van der Waals surface area contributed by atoms with Crippen molar-refractivity contribution in [3.05, 3.63) is 47.8 Å². The molecule has 0 bridgehead atoms. The molecule has 0 spiro atoms. The Balaban J connectivity index is 1.76. The van der Waals surface area contributed by atoms with Gasteiger partial charge in [-0.25, -0.2) is 8.42 Å². The van der Waals surface area contributed by atoms with Gasteiger partial charge in [0.15, 0.2) is 9.84 Å². The minimum atomic E-state index is -3.31. The maximum atomic E-state index is 13.1. The molecule has 1 aromatic carbocycles. The van der Waals surface area contributed by atoms with Gasteiger partial charge in [-0.15, -0.1) is 0 Å². The van der Waals surface area contributed by atoms with E-state index in [-0.39, 0.29) is 11.3 Å². The van der Waals surface area contributed by atoms with Crippen LogP contribution in [0.4, 0.5) is 0 Å². The highest BCUT2D eigenvalue weighted by molar-refractivity contribution is 7.92. The van der Waals surface area contributed by atoms with E-state index in [1.165, 1.54) is 0 Å². The van der Waals surface area contributed by atoms with E-state index >= 15 is 0 Å². The first-order chi connectivity index (χ1) is 11.5. The Morgan fingerprint density at radius 1 is 1.21 bits per heavy atom. The third-order valence-electron chi connectivity index (χ3n) is 4.78. The highest BCUT2D eigenvalue weighted by Gasteiger charge is 2.36. The molecule has 0 radical (unpaired) electrons. The molecule has 1 aliphatic carbocycles. The molecule has 0 aliphatic heterocycles. The Hall–Kier alpha value is -1.66. The standard InChI is InChI=1S/C18H25N3O2S/c1-14-7-9-16(10-8-14)24(22,23)18-6-4-3-5-17(18)19-11-15-12-20-21(2)13-15/h7-10,12-13,17-19H,3-6,11H2,1-2H3/t17-,18+/m1/s1. The summed E-state index contributed by atoms with van der Waals surface area (Å²) in [6.45, 7) is 2.62. The van der Waals surface area contributed by atoms with Crippen molar-refractivity contribution in [3.8, 4) is 0 Å². The summed E-state index contributed by atoms with van der Waals surface area (Å²) in [7, 11) is -1.43. The van der Waals surface area contributed by atoms with Crippen molar-refractivity contribution in [2.24, 2.45) is 7.05 Å². The number of hydrogen-bond acceptors (Lipinski definition) is 4. The van der Waals surface area contributed by atoms with Crippen molar-refractivity contribution < 1.29 is 8.42 Å². The Morgan fingerprint density at radius 2 is 1.92 bits per heavy atom. The molecule has 1 fully saturated rings. The van der Waals surface area contributed by atoms with Crippen molar-refractivity contribution in [2.75, 3.05) is 0 Å². The largest absolute Gasteiger partial charge is 0.309 e. The van der Waals surface area contributed by atoms with Gasteiger partial charge in [-0.3, -0.25) is 4.68 Å². The average molecular weight is 347 g/mol. The van der Waals surface area contributed by atoms with Crippen LogP contribution in [-0.4, -0.2) is 29.5 Å². The summed E-state index contributed by atoms with van der Waals surface area (Å²) in [4.78, 5) is 0.438. The van der Waals surface area contributed by atoms with Crippen LogP contribution >= 0.6 is 0 Å². The van der Waals surface area contributed by atoms with Crippen molar-refractivity contribution >= 4 is 9.84 Å². The first-order valence-electron chi connectivity index (χ1n) is 8.48. The molecule has 1 aliphatic rings. The molecule has 1 heterocycles. The number of hydrogen-bond donors (Lipinski definition) is 1. The van der Waals surface area contributed by atoms with Gasteiger partial charge in [-0.2, -0.15) is 5.10 Å². The van der Waals surface area contributed by atoms with Crippen LogP contribution in [0.1, 0.15) is 36.8 Å². The minimum Gasteiger partial charge on any atom is -0.309 e. The Kier molecular flexibility index (Phi) is 5.06. The molecule has 130 valence electrons. The molecule has 2 aromatic rings. The molecule has 24 heavy (non-hydrogen) atoms. The first kappa shape index (κ1) is 17.2. The predicted octanol–water partition coefficient (Wildman–Crippen LogP) is 2.60. The summed E-state index contributed by atoms with van der Waals surface area (Å²) >= 11 is 0. The Bertz CT molecular complexity index is 781. The molecule has 1 saturated carbocycles. The second kappa shape index (κ2) is 7.07. The molecule has 3 rings (SSSR count). The summed E-state index contributed by atoms with van der Waals surface area (Å²) in [6, 6.07) is 7.20. The highest BCUT2D eigenvalue weighted by atomic mass is 32.2. The molecule has 0 unspecified atom stereocenters. The van der Waals surface area contributed by atoms with Crippen molar-refractivity contribution in [1.82, 2.24) is 15.1 Å². The fourth-order valence-corrected chi connectivity index (χ4v) is 5.42. The average Bonchev–Trinajstić information content (AvgIpc) is 2.99. The summed E-state index contributed by atoms with van der Waals surface area (Å²) in [5.41, 5.74) is 2.15. The first-order valence-corrected chi connectivity index (χ1v) is 10.0. The lowest BCUT2D eigenvalue weighted by Gasteiger charge is -2.32. The third-order valence-corrected chi connectivity index (χ3v) is 7.07. The third kappa shape index (κ3) is 3.70. The molecule has 0 amide bonds. The van der Waals surface area contributed by atoms with Crippen molar-refractivity contribution in [1.29, 1.82) is 0 Å². The monoisotopic (exact) mass is 347 g/mol. The van der Waals surface area contributed by atoms with Crippen LogP contribution in [0.25, 0.3) is 0 Å². The van der Waals surface area contributed by atoms with Crippen LogP contribution in [0.3, 0.4) is 0 Å². The quantitative estimate of drug-likeness (QED) is 0.903. The smallest absolute Gasteiger partial charge is 0.182 e. The number of nitrogens with one attached hydrogen (secondary N) is 1. The fourth-order valence-electron chi connectivity index (χ4n) is 3.42. The van der Waals surface area contributed by atoms with Crippen LogP contribution in [0.2, 0.25) is 0 Å². The topological polar surface area (TPSA) is 64.0 Å². The van der Waals surface area contributed by atoms with E-state index in [1.807, 2.05) is 38.5 Å². The van der Waals surface area contributed by atoms with Crippen molar-refractivity contribution in [3.63, 3.8) is 0 Å². The number of rotatable bonds is 5. The normalized spacial score (nSPS) is 21.8. The Morgan fingerprint density at radius 3 is 2.58 bits per heavy atom. The molecule has 5 nitrogen and oxygen atoms in total. The molecule has 6 heteroatoms. The zero-order valence-electron chi connectivity index (χ0n) is 14.3. The number of nitrogens with zero attached hydrogens (tertiary/aromatic N) is 2. The van der Waals surface area contributed by atoms with Gasteiger partial charge in [0.2, 0.25) is 0 Å². The lowest BCUT2D eigenvalue weighted by atomic mass is 9.95. The van der Waals surface area contributed by atoms with E-state index in [2.05, 4.69) is 10.4 Å². The second-order valence-electron chi connectivity index (χ2n) is 6.69. The van der Waals surface area contributed by atoms with Gasteiger partial charge < -0.3 is 5.32 Å². The number of aryl methyl sites for hydroxylation is 2. The molecule has 1 N–H and O–H groups in total. The van der Waals surface area contributed by atoms with E-state index in [0.717, 1.165) is 36.8 Å². The molecule has 2 atom stereocenters. The molecule has 0 saturated heterocycles. The van der Waals surface area contributed by atoms with Gasteiger partial charge >= 0.3 is 0 Å². The maximum absolute atomic E-state index is 13.1. The number of benzene rings is 1. The molecule has 1 aromatic heterocycles. The minimum absolute atomic E-state index is 0.00902. The lowest BCUT2D eigenvalue weighted by Crippen LogP contribution is -2.46. The number of aromatic nitrogens is 2. The van der Waals surface area contributed by atoms with Crippen molar-refractivity contribution in [2.45, 2.75) is 55.3 Å². The maximum Gasteiger partial charge on any atom is 0.182 e. The molecular weight excluding hydrogens is 322 g/mol. The van der Waals surface area contributed by atoms with E-state index in [1.54, 1.807) is 16.8 Å². The SMILES string of the molecule is Cc1ccc(S(=O)(=O)[C@H]2CCCC[C@H]2NCc2cnn(C)c2)cc1. The van der Waals surface area contributed by atoms with Gasteiger partial charge in [0.25, 0.3) is 0 Å². The second-order valence-corrected chi connectivity index (χ2v) is 8.86. The summed E-state index contributed by atoms with van der Waals surface area (Å²) in [6.07, 6.45) is 7.45.